The number of carbonyl (C=O) groups excluding carboxylic acids is 1. The number of piperidine rings is 1. The average molecular weight is 474 g/mol. The second-order valence-electron chi connectivity index (χ2n) is 8.41. The first kappa shape index (κ1) is 22.2. The molecule has 1 saturated heterocycles. The van der Waals surface area contributed by atoms with Gasteiger partial charge in [0, 0.05) is 25.2 Å². The van der Waals surface area contributed by atoms with E-state index in [9.17, 15) is 14.9 Å². The van der Waals surface area contributed by atoms with E-state index in [1.807, 2.05) is 6.07 Å². The van der Waals surface area contributed by atoms with Crippen LogP contribution in [-0.4, -0.2) is 34.0 Å². The van der Waals surface area contributed by atoms with Gasteiger partial charge in [0.25, 0.3) is 11.6 Å². The van der Waals surface area contributed by atoms with Gasteiger partial charge in [0.2, 0.25) is 0 Å². The van der Waals surface area contributed by atoms with Gasteiger partial charge in [-0.1, -0.05) is 42.5 Å². The summed E-state index contributed by atoms with van der Waals surface area (Å²) in [4.78, 5) is 30.3. The molecule has 0 saturated carbocycles. The summed E-state index contributed by atoms with van der Waals surface area (Å²) in [5.74, 6) is 1.20. The summed E-state index contributed by atoms with van der Waals surface area (Å²) in [7, 11) is 0. The molecule has 0 bridgehead atoms. The largest absolute Gasteiger partial charge is 0.456 e. The van der Waals surface area contributed by atoms with E-state index in [4.69, 9.17) is 4.42 Å². The normalized spacial score (nSPS) is 17.9. The van der Waals surface area contributed by atoms with E-state index in [1.54, 1.807) is 36.4 Å². The van der Waals surface area contributed by atoms with Crippen molar-refractivity contribution in [2.45, 2.75) is 19.3 Å². The molecule has 3 heterocycles. The first-order valence-corrected chi connectivity index (χ1v) is 12.0. The van der Waals surface area contributed by atoms with Crippen molar-refractivity contribution in [1.82, 2.24) is 4.90 Å². The first-order valence-electron chi connectivity index (χ1n) is 11.2. The van der Waals surface area contributed by atoms with Crippen LogP contribution in [0.4, 0.5) is 5.69 Å². The highest BCUT2D eigenvalue weighted by atomic mass is 32.2. The van der Waals surface area contributed by atoms with Gasteiger partial charge >= 0.3 is 0 Å². The van der Waals surface area contributed by atoms with Gasteiger partial charge < -0.3 is 9.32 Å². The molecule has 7 nitrogen and oxygen atoms in total. The number of nitro groups is 1. The minimum absolute atomic E-state index is 0.0244. The predicted molar refractivity (Wildman–Crippen MR) is 133 cm³/mol. The molecule has 2 aliphatic heterocycles. The van der Waals surface area contributed by atoms with Crippen LogP contribution >= 0.6 is 11.8 Å². The summed E-state index contributed by atoms with van der Waals surface area (Å²) >= 11 is 1.36. The third-order valence-electron chi connectivity index (χ3n) is 6.13. The summed E-state index contributed by atoms with van der Waals surface area (Å²) in [6.07, 6.45) is 4.88. The highest BCUT2D eigenvalue weighted by Crippen LogP contribution is 2.35. The molecule has 172 valence electrons. The van der Waals surface area contributed by atoms with Crippen LogP contribution < -0.4 is 0 Å². The molecule has 5 rings (SSSR count). The highest BCUT2D eigenvalue weighted by Gasteiger charge is 2.29. The number of thioether (sulfide) groups is 1. The Bertz CT molecular complexity index is 1270. The van der Waals surface area contributed by atoms with Crippen molar-refractivity contribution in [2.75, 3.05) is 13.1 Å². The number of nitro benzene ring substituents is 1. The number of para-hydroxylation sites is 1. The summed E-state index contributed by atoms with van der Waals surface area (Å²) in [5, 5.41) is 12.0. The smallest absolute Gasteiger partial charge is 0.286 e. The number of amidine groups is 1. The molecular formula is C26H23N3O4S. The van der Waals surface area contributed by atoms with Crippen molar-refractivity contribution in [3.05, 3.63) is 93.1 Å². The van der Waals surface area contributed by atoms with E-state index >= 15 is 0 Å². The third kappa shape index (κ3) is 4.82. The molecule has 1 fully saturated rings. The molecule has 0 N–H and O–H groups in total. The fraction of sp³-hybridized carbons (Fsp3) is 0.231. The second-order valence-corrected chi connectivity index (χ2v) is 9.42. The topological polar surface area (TPSA) is 89.0 Å². The minimum Gasteiger partial charge on any atom is -0.456 e. The summed E-state index contributed by atoms with van der Waals surface area (Å²) in [6, 6.07) is 20.4. The number of furan rings is 1. The average Bonchev–Trinajstić information content (AvgIpc) is 3.47. The van der Waals surface area contributed by atoms with Gasteiger partial charge in [0.05, 0.1) is 15.4 Å². The van der Waals surface area contributed by atoms with Crippen LogP contribution in [0.25, 0.3) is 17.4 Å². The van der Waals surface area contributed by atoms with Gasteiger partial charge in [-0.2, -0.15) is 4.99 Å². The Morgan fingerprint density at radius 2 is 1.79 bits per heavy atom. The molecule has 8 heteroatoms. The molecule has 0 radical (unpaired) electrons. The maximum Gasteiger partial charge on any atom is 0.286 e. The zero-order chi connectivity index (χ0) is 23.5. The molecule has 0 aliphatic carbocycles. The SMILES string of the molecule is O=C1N=C(N2CCC(Cc3ccccc3)CC2)S/C1=C\c1ccc(-c2ccccc2[N+](=O)[O-])o1. The molecule has 34 heavy (non-hydrogen) atoms. The predicted octanol–water partition coefficient (Wildman–Crippen LogP) is 5.78. The molecule has 1 aromatic heterocycles. The van der Waals surface area contributed by atoms with Crippen molar-refractivity contribution in [2.24, 2.45) is 10.9 Å². The molecule has 2 aliphatic rings. The van der Waals surface area contributed by atoms with Gasteiger partial charge in [-0.3, -0.25) is 14.9 Å². The van der Waals surface area contributed by atoms with E-state index in [0.717, 1.165) is 37.5 Å². The second kappa shape index (κ2) is 9.69. The number of aliphatic imine (C=N–C) groups is 1. The third-order valence-corrected chi connectivity index (χ3v) is 7.17. The number of hydrogen-bond donors (Lipinski definition) is 0. The lowest BCUT2D eigenvalue weighted by molar-refractivity contribution is -0.384. The lowest BCUT2D eigenvalue weighted by Gasteiger charge is -2.32. The van der Waals surface area contributed by atoms with Gasteiger partial charge in [0.15, 0.2) is 5.17 Å². The standard InChI is InChI=1S/C26H23N3O4S/c30-25-24(17-20-10-11-23(33-20)21-8-4-5-9-22(21)29(31)32)34-26(27-25)28-14-12-19(13-15-28)16-18-6-2-1-3-7-18/h1-11,17,19H,12-16H2/b24-17-. The highest BCUT2D eigenvalue weighted by molar-refractivity contribution is 8.18. The number of hydrogen-bond acceptors (Lipinski definition) is 6. The minimum atomic E-state index is -0.435. The van der Waals surface area contributed by atoms with E-state index in [1.165, 1.54) is 23.4 Å². The van der Waals surface area contributed by atoms with Crippen molar-refractivity contribution in [1.29, 1.82) is 0 Å². The van der Waals surface area contributed by atoms with E-state index in [-0.39, 0.29) is 11.6 Å². The van der Waals surface area contributed by atoms with Crippen LogP contribution in [0.1, 0.15) is 24.2 Å². The quantitative estimate of drug-likeness (QED) is 0.265. The van der Waals surface area contributed by atoms with Gasteiger partial charge in [-0.05, 0) is 60.7 Å². The molecule has 1 amide bonds. The van der Waals surface area contributed by atoms with Gasteiger partial charge in [0.1, 0.15) is 11.5 Å². The molecule has 2 aromatic carbocycles. The number of rotatable bonds is 5. The van der Waals surface area contributed by atoms with Gasteiger partial charge in [-0.15, -0.1) is 0 Å². The van der Waals surface area contributed by atoms with Crippen LogP contribution in [0.2, 0.25) is 0 Å². The van der Waals surface area contributed by atoms with Crippen LogP contribution in [0.3, 0.4) is 0 Å². The van der Waals surface area contributed by atoms with Crippen molar-refractivity contribution >= 4 is 34.6 Å². The Labute approximate surface area is 201 Å². The van der Waals surface area contributed by atoms with E-state index < -0.39 is 4.92 Å². The first-order chi connectivity index (χ1) is 16.6. The maximum atomic E-state index is 12.5. The number of benzene rings is 2. The zero-order valence-corrected chi connectivity index (χ0v) is 19.2. The molecule has 0 spiro atoms. The Kier molecular flexibility index (Phi) is 6.31. The monoisotopic (exact) mass is 473 g/mol. The maximum absolute atomic E-state index is 12.5. The van der Waals surface area contributed by atoms with Crippen LogP contribution in [0, 0.1) is 16.0 Å². The summed E-state index contributed by atoms with van der Waals surface area (Å²) < 4.78 is 5.81. The van der Waals surface area contributed by atoms with Crippen LogP contribution in [-0.2, 0) is 11.2 Å². The van der Waals surface area contributed by atoms with Crippen molar-refractivity contribution < 1.29 is 14.1 Å². The molecule has 3 aromatic rings. The van der Waals surface area contributed by atoms with Crippen molar-refractivity contribution in [3.63, 3.8) is 0 Å². The number of carbonyl (C=O) groups is 1. The number of amides is 1. The van der Waals surface area contributed by atoms with Crippen molar-refractivity contribution in [3.8, 4) is 11.3 Å². The Morgan fingerprint density at radius 3 is 2.56 bits per heavy atom. The fourth-order valence-corrected chi connectivity index (χ4v) is 5.30. The summed E-state index contributed by atoms with van der Waals surface area (Å²) in [6.45, 7) is 1.76. The lowest BCUT2D eigenvalue weighted by atomic mass is 9.90. The number of likely N-dealkylation sites (tertiary alicyclic amines) is 1. The molecular weight excluding hydrogens is 450 g/mol. The number of nitrogens with zero attached hydrogens (tertiary/aromatic N) is 3. The summed E-state index contributed by atoms with van der Waals surface area (Å²) in [5.41, 5.74) is 1.74. The Balaban J connectivity index is 1.22. The van der Waals surface area contributed by atoms with Crippen LogP contribution in [0.5, 0.6) is 0 Å². The van der Waals surface area contributed by atoms with Crippen LogP contribution in [0.15, 0.2) is 81.0 Å². The molecule has 0 unspecified atom stereocenters. The van der Waals surface area contributed by atoms with E-state index in [0.29, 0.717) is 27.9 Å². The lowest BCUT2D eigenvalue weighted by Crippen LogP contribution is -2.37. The molecule has 0 atom stereocenters. The Hall–Kier alpha value is -3.65. The van der Waals surface area contributed by atoms with Gasteiger partial charge in [-0.25, -0.2) is 0 Å². The zero-order valence-electron chi connectivity index (χ0n) is 18.4. The Morgan fingerprint density at radius 1 is 1.06 bits per heavy atom. The fourth-order valence-electron chi connectivity index (χ4n) is 4.35. The van der Waals surface area contributed by atoms with E-state index in [2.05, 4.69) is 34.2 Å².